The van der Waals surface area contributed by atoms with Crippen molar-refractivity contribution in [1.82, 2.24) is 4.72 Å². The Morgan fingerprint density at radius 1 is 1.33 bits per heavy atom. The van der Waals surface area contributed by atoms with Crippen molar-refractivity contribution in [3.8, 4) is 0 Å². The molecule has 1 fully saturated rings. The summed E-state index contributed by atoms with van der Waals surface area (Å²) < 4.78 is 27.2. The van der Waals surface area contributed by atoms with Crippen molar-refractivity contribution in [2.75, 3.05) is 0 Å². The second-order valence-corrected chi connectivity index (χ2v) is 6.60. The van der Waals surface area contributed by atoms with Gasteiger partial charge in [0.2, 0.25) is 10.0 Å². The molecule has 1 aromatic rings. The van der Waals surface area contributed by atoms with Gasteiger partial charge in [0.1, 0.15) is 0 Å². The fourth-order valence-electron chi connectivity index (χ4n) is 1.33. The van der Waals surface area contributed by atoms with Crippen molar-refractivity contribution in [1.29, 1.82) is 0 Å². The minimum atomic E-state index is -3.38. The van der Waals surface area contributed by atoms with Crippen molar-refractivity contribution < 1.29 is 8.42 Å². The van der Waals surface area contributed by atoms with Crippen molar-refractivity contribution in [3.63, 3.8) is 0 Å². The summed E-state index contributed by atoms with van der Waals surface area (Å²) in [6.45, 7) is 1.92. The largest absolute Gasteiger partial charge is 0.242 e. The Bertz CT molecular complexity index is 480. The van der Waals surface area contributed by atoms with Gasteiger partial charge in [-0.1, -0.05) is 12.1 Å². The fraction of sp³-hybridized carbons (Fsp3) is 0.400. The number of nitrogens with one attached hydrogen (secondary N) is 1. The molecule has 0 saturated heterocycles. The number of benzene rings is 1. The molecule has 15 heavy (non-hydrogen) atoms. The highest BCUT2D eigenvalue weighted by Crippen LogP contribution is 2.36. The van der Waals surface area contributed by atoms with Crippen LogP contribution >= 0.6 is 15.9 Å². The highest BCUT2D eigenvalue weighted by molar-refractivity contribution is 9.10. The number of sulfonamides is 1. The molecule has 0 bridgehead atoms. The topological polar surface area (TPSA) is 46.2 Å². The summed E-state index contributed by atoms with van der Waals surface area (Å²) in [5.74, 6) is 0. The molecule has 2 rings (SSSR count). The zero-order valence-corrected chi connectivity index (χ0v) is 10.7. The lowest BCUT2D eigenvalue weighted by molar-refractivity contribution is 0.557. The van der Waals surface area contributed by atoms with Gasteiger partial charge in [0.05, 0.1) is 4.90 Å². The molecule has 5 heteroatoms. The van der Waals surface area contributed by atoms with Crippen LogP contribution in [0.4, 0.5) is 0 Å². The third-order valence-corrected chi connectivity index (χ3v) is 5.16. The molecule has 0 amide bonds. The van der Waals surface area contributed by atoms with E-state index >= 15 is 0 Å². The van der Waals surface area contributed by atoms with Crippen LogP contribution in [-0.2, 0) is 10.0 Å². The van der Waals surface area contributed by atoms with Crippen molar-refractivity contribution in [3.05, 3.63) is 28.7 Å². The quantitative estimate of drug-likeness (QED) is 0.928. The molecule has 82 valence electrons. The maximum Gasteiger partial charge on any atom is 0.242 e. The average molecular weight is 290 g/mol. The van der Waals surface area contributed by atoms with Gasteiger partial charge in [0.25, 0.3) is 0 Å². The average Bonchev–Trinajstić information content (AvgIpc) is 2.82. The van der Waals surface area contributed by atoms with Crippen LogP contribution in [0.2, 0.25) is 0 Å². The summed E-state index contributed by atoms with van der Waals surface area (Å²) in [4.78, 5) is 0.304. The standard InChI is InChI=1S/C10H12BrNO2S/c1-10(6-7-10)12-15(13,14)9-5-3-2-4-8(9)11/h2-5,12H,6-7H2,1H3. The zero-order chi connectivity index (χ0) is 11.1. The van der Waals surface area contributed by atoms with E-state index in [0.29, 0.717) is 9.37 Å². The molecule has 0 aromatic heterocycles. The molecule has 0 spiro atoms. The maximum atomic E-state index is 12.0. The molecule has 1 N–H and O–H groups in total. The van der Waals surface area contributed by atoms with Gasteiger partial charge in [-0.3, -0.25) is 0 Å². The summed E-state index contributed by atoms with van der Waals surface area (Å²) in [5, 5.41) is 0. The van der Waals surface area contributed by atoms with Gasteiger partial charge in [-0.05, 0) is 47.8 Å². The molecule has 0 aliphatic heterocycles. The van der Waals surface area contributed by atoms with E-state index in [9.17, 15) is 8.42 Å². The second-order valence-electron chi connectivity index (χ2n) is 4.10. The van der Waals surface area contributed by atoms with Crippen LogP contribution < -0.4 is 4.72 Å². The van der Waals surface area contributed by atoms with E-state index in [1.165, 1.54) is 0 Å². The first-order valence-corrected chi connectivity index (χ1v) is 6.99. The Kier molecular flexibility index (Phi) is 2.65. The Balaban J connectivity index is 2.33. The van der Waals surface area contributed by atoms with Crippen molar-refractivity contribution >= 4 is 26.0 Å². The van der Waals surface area contributed by atoms with E-state index in [1.54, 1.807) is 24.3 Å². The minimum absolute atomic E-state index is 0.228. The van der Waals surface area contributed by atoms with Crippen LogP contribution in [0.3, 0.4) is 0 Å². The first-order valence-electron chi connectivity index (χ1n) is 4.72. The molecule has 0 radical (unpaired) electrons. The van der Waals surface area contributed by atoms with Gasteiger partial charge < -0.3 is 0 Å². The van der Waals surface area contributed by atoms with Gasteiger partial charge in [-0.2, -0.15) is 0 Å². The number of rotatable bonds is 3. The lowest BCUT2D eigenvalue weighted by Crippen LogP contribution is -2.34. The Hall–Kier alpha value is -0.390. The van der Waals surface area contributed by atoms with E-state index in [0.717, 1.165) is 12.8 Å². The SMILES string of the molecule is CC1(NS(=O)(=O)c2ccccc2Br)CC1. The molecule has 1 saturated carbocycles. The third kappa shape index (κ3) is 2.41. The lowest BCUT2D eigenvalue weighted by Gasteiger charge is -2.12. The molecule has 3 nitrogen and oxygen atoms in total. The molecule has 1 aromatic carbocycles. The maximum absolute atomic E-state index is 12.0. The van der Waals surface area contributed by atoms with E-state index in [4.69, 9.17) is 0 Å². The molecule has 1 aliphatic rings. The minimum Gasteiger partial charge on any atom is -0.207 e. The van der Waals surface area contributed by atoms with Gasteiger partial charge in [-0.25, -0.2) is 13.1 Å². The molecular weight excluding hydrogens is 278 g/mol. The third-order valence-electron chi connectivity index (χ3n) is 2.51. The smallest absolute Gasteiger partial charge is 0.207 e. The fourth-order valence-corrected chi connectivity index (χ4v) is 3.80. The highest BCUT2D eigenvalue weighted by atomic mass is 79.9. The zero-order valence-electron chi connectivity index (χ0n) is 8.33. The predicted octanol–water partition coefficient (Wildman–Crippen LogP) is 2.28. The van der Waals surface area contributed by atoms with Crippen LogP contribution in [0.1, 0.15) is 19.8 Å². The Morgan fingerprint density at radius 2 is 1.93 bits per heavy atom. The van der Waals surface area contributed by atoms with Crippen LogP contribution in [0.25, 0.3) is 0 Å². The van der Waals surface area contributed by atoms with E-state index < -0.39 is 10.0 Å². The van der Waals surface area contributed by atoms with Gasteiger partial charge >= 0.3 is 0 Å². The molecule has 0 atom stereocenters. The number of hydrogen-bond donors (Lipinski definition) is 1. The normalized spacial score (nSPS) is 18.8. The van der Waals surface area contributed by atoms with E-state index in [1.807, 2.05) is 6.92 Å². The Morgan fingerprint density at radius 3 is 2.47 bits per heavy atom. The summed E-state index contributed by atoms with van der Waals surface area (Å²) in [7, 11) is -3.38. The van der Waals surface area contributed by atoms with Crippen LogP contribution in [0.5, 0.6) is 0 Å². The number of halogens is 1. The van der Waals surface area contributed by atoms with Crippen LogP contribution in [0, 0.1) is 0 Å². The second kappa shape index (κ2) is 3.57. The molecular formula is C10H12BrNO2S. The molecule has 0 unspecified atom stereocenters. The van der Waals surface area contributed by atoms with Crippen LogP contribution in [-0.4, -0.2) is 14.0 Å². The number of hydrogen-bond acceptors (Lipinski definition) is 2. The van der Waals surface area contributed by atoms with Gasteiger partial charge in [0.15, 0.2) is 0 Å². The summed E-state index contributed by atoms with van der Waals surface area (Å²) in [5.41, 5.74) is -0.228. The predicted molar refractivity (Wildman–Crippen MR) is 62.1 cm³/mol. The van der Waals surface area contributed by atoms with E-state index in [2.05, 4.69) is 20.7 Å². The molecule has 1 aliphatic carbocycles. The van der Waals surface area contributed by atoms with Crippen molar-refractivity contribution in [2.45, 2.75) is 30.2 Å². The summed E-state index contributed by atoms with van der Waals surface area (Å²) in [6.07, 6.45) is 1.83. The highest BCUT2D eigenvalue weighted by Gasteiger charge is 2.41. The lowest BCUT2D eigenvalue weighted by atomic mass is 10.4. The van der Waals surface area contributed by atoms with Crippen LogP contribution in [0.15, 0.2) is 33.6 Å². The van der Waals surface area contributed by atoms with Crippen molar-refractivity contribution in [2.24, 2.45) is 0 Å². The summed E-state index contributed by atoms with van der Waals surface area (Å²) in [6, 6.07) is 6.83. The first kappa shape index (κ1) is 11.1. The van der Waals surface area contributed by atoms with Gasteiger partial charge in [-0.15, -0.1) is 0 Å². The summed E-state index contributed by atoms with van der Waals surface area (Å²) >= 11 is 3.24. The van der Waals surface area contributed by atoms with Gasteiger partial charge in [0, 0.05) is 10.0 Å². The Labute approximate surface area is 98.1 Å². The first-order chi connectivity index (χ1) is 6.93. The van der Waals surface area contributed by atoms with E-state index in [-0.39, 0.29) is 5.54 Å². The monoisotopic (exact) mass is 289 g/mol. The molecule has 0 heterocycles.